The summed E-state index contributed by atoms with van der Waals surface area (Å²) in [6.45, 7) is 5.67. The lowest BCUT2D eigenvalue weighted by molar-refractivity contribution is -0.305. The standard InChI is InChI=1S/C70H127NO10/c1-4-7-10-13-16-19-22-25-27-28-29-30-31-32-33-34-35-36-37-40-43-46-49-52-55-58-65(75)81-68-67(77)66(76)64(59-72)80-70(68)79-60-61(62(73)56-53-50-47-44-41-38-24-21-18-15-12-9-6-3)71-69(78)63(74)57-54-51-48-45-42-39-26-23-20-17-14-11-8-5-2/h8,11,14,17,20,23,26,39,53,56,61-64,66-68,70,72-74,76-77H,4-7,9-10,12-13,15-16,18-19,21-22,24-25,27-38,40-52,54-55,57-60H2,1-3H3,(H,71,78)/b11-8+,17-14+,23-20+,39-26-,56-53+. The molecule has 472 valence electrons. The Morgan fingerprint density at radius 1 is 0.494 bits per heavy atom. The van der Waals surface area contributed by atoms with Gasteiger partial charge in [-0.1, -0.05) is 319 Å². The third-order valence-corrected chi connectivity index (χ3v) is 16.0. The van der Waals surface area contributed by atoms with Crippen molar-refractivity contribution in [1.82, 2.24) is 5.32 Å². The quantitative estimate of drug-likeness (QED) is 0.0149. The van der Waals surface area contributed by atoms with Crippen molar-refractivity contribution in [1.29, 1.82) is 0 Å². The first-order chi connectivity index (χ1) is 39.7. The minimum atomic E-state index is -1.62. The molecule has 8 unspecified atom stereocenters. The van der Waals surface area contributed by atoms with Crippen LogP contribution < -0.4 is 5.32 Å². The van der Waals surface area contributed by atoms with Crippen LogP contribution >= 0.6 is 0 Å². The number of aliphatic hydroxyl groups excluding tert-OH is 5. The summed E-state index contributed by atoms with van der Waals surface area (Å²) in [5, 5.41) is 57.1. The number of esters is 1. The van der Waals surface area contributed by atoms with Gasteiger partial charge in [0.25, 0.3) is 0 Å². The third kappa shape index (κ3) is 45.4. The lowest BCUT2D eigenvalue weighted by Gasteiger charge is -2.41. The smallest absolute Gasteiger partial charge is 0.306 e. The van der Waals surface area contributed by atoms with Crippen molar-refractivity contribution >= 4 is 11.9 Å². The van der Waals surface area contributed by atoms with Crippen molar-refractivity contribution in [3.63, 3.8) is 0 Å². The fraction of sp³-hybridized carbons (Fsp3) is 0.829. The van der Waals surface area contributed by atoms with E-state index in [1.54, 1.807) is 6.08 Å². The van der Waals surface area contributed by atoms with Gasteiger partial charge in [0.2, 0.25) is 5.91 Å². The molecular formula is C70H127NO10. The lowest BCUT2D eigenvalue weighted by Crippen LogP contribution is -2.61. The van der Waals surface area contributed by atoms with E-state index in [2.05, 4.69) is 38.2 Å². The van der Waals surface area contributed by atoms with Crippen LogP contribution in [-0.2, 0) is 23.8 Å². The molecule has 0 radical (unpaired) electrons. The molecule has 1 heterocycles. The molecule has 1 rings (SSSR count). The molecule has 0 aromatic carbocycles. The summed E-state index contributed by atoms with van der Waals surface area (Å²) in [5.74, 6) is -1.21. The zero-order valence-electron chi connectivity index (χ0n) is 52.4. The maximum atomic E-state index is 13.4. The summed E-state index contributed by atoms with van der Waals surface area (Å²) < 4.78 is 17.7. The van der Waals surface area contributed by atoms with Gasteiger partial charge in [0.1, 0.15) is 24.4 Å². The SMILES string of the molecule is CC/C=C/C=C/C=C/C=C\CCCCCCC(O)C(=O)NC(COC1OC(CO)C(O)C(O)C1OC(=O)CCCCCCCCCCCCCCCCCCCCCCCCCCC)C(O)/C=C/CCCCCCCCCCCCC. The van der Waals surface area contributed by atoms with Crippen LogP contribution in [0.3, 0.4) is 0 Å². The van der Waals surface area contributed by atoms with Crippen LogP contribution in [0.2, 0.25) is 0 Å². The summed E-state index contributed by atoms with van der Waals surface area (Å²) in [6.07, 6.45) is 62.7. The predicted molar refractivity (Wildman–Crippen MR) is 338 cm³/mol. The molecule has 0 aromatic rings. The Hall–Kier alpha value is -2.64. The summed E-state index contributed by atoms with van der Waals surface area (Å²) in [4.78, 5) is 26.6. The first-order valence-corrected chi connectivity index (χ1v) is 34.1. The minimum absolute atomic E-state index is 0.123. The van der Waals surface area contributed by atoms with Crippen molar-refractivity contribution in [2.45, 2.75) is 359 Å². The second-order valence-corrected chi connectivity index (χ2v) is 23.6. The average molecular weight is 1140 g/mol. The topological polar surface area (TPSA) is 175 Å². The number of nitrogens with one attached hydrogen (secondary N) is 1. The number of unbranched alkanes of at least 4 members (excludes halogenated alkanes) is 39. The van der Waals surface area contributed by atoms with E-state index in [-0.39, 0.29) is 19.4 Å². The van der Waals surface area contributed by atoms with Gasteiger partial charge in [-0.2, -0.15) is 0 Å². The normalized spacial score (nSPS) is 19.0. The van der Waals surface area contributed by atoms with E-state index in [9.17, 15) is 35.1 Å². The highest BCUT2D eigenvalue weighted by Gasteiger charge is 2.47. The van der Waals surface area contributed by atoms with Crippen molar-refractivity contribution < 1.29 is 49.3 Å². The van der Waals surface area contributed by atoms with Gasteiger partial charge in [-0.05, 0) is 44.9 Å². The highest BCUT2D eigenvalue weighted by Crippen LogP contribution is 2.26. The van der Waals surface area contributed by atoms with E-state index < -0.39 is 67.4 Å². The molecule has 1 saturated heterocycles. The summed E-state index contributed by atoms with van der Waals surface area (Å²) in [5.41, 5.74) is 0. The Kier molecular flexibility index (Phi) is 54.5. The van der Waals surface area contributed by atoms with Crippen LogP contribution in [0.25, 0.3) is 0 Å². The van der Waals surface area contributed by atoms with Crippen LogP contribution in [0.15, 0.2) is 60.8 Å². The Bertz CT molecular complexity index is 1550. The largest absolute Gasteiger partial charge is 0.454 e. The molecule has 1 amide bonds. The van der Waals surface area contributed by atoms with E-state index in [0.29, 0.717) is 12.8 Å². The van der Waals surface area contributed by atoms with Crippen LogP contribution in [-0.4, -0.2) is 99.6 Å². The molecule has 1 fully saturated rings. The Morgan fingerprint density at radius 3 is 1.33 bits per heavy atom. The van der Waals surface area contributed by atoms with E-state index in [4.69, 9.17) is 14.2 Å². The minimum Gasteiger partial charge on any atom is -0.454 e. The van der Waals surface area contributed by atoms with E-state index >= 15 is 0 Å². The van der Waals surface area contributed by atoms with Crippen LogP contribution in [0.4, 0.5) is 0 Å². The molecule has 11 nitrogen and oxygen atoms in total. The van der Waals surface area contributed by atoms with Crippen molar-refractivity contribution in [3.8, 4) is 0 Å². The van der Waals surface area contributed by atoms with E-state index in [1.165, 1.54) is 193 Å². The molecular weight excluding hydrogens is 1010 g/mol. The highest BCUT2D eigenvalue weighted by molar-refractivity contribution is 5.80. The van der Waals surface area contributed by atoms with Crippen LogP contribution in [0.5, 0.6) is 0 Å². The van der Waals surface area contributed by atoms with Crippen molar-refractivity contribution in [2.75, 3.05) is 13.2 Å². The maximum Gasteiger partial charge on any atom is 0.306 e. The monoisotopic (exact) mass is 1140 g/mol. The summed E-state index contributed by atoms with van der Waals surface area (Å²) in [7, 11) is 0. The van der Waals surface area contributed by atoms with Gasteiger partial charge in [0.05, 0.1) is 25.4 Å². The second kappa shape index (κ2) is 57.8. The lowest BCUT2D eigenvalue weighted by atomic mass is 9.99. The molecule has 6 N–H and O–H groups in total. The molecule has 0 spiro atoms. The predicted octanol–water partition coefficient (Wildman–Crippen LogP) is 17.0. The number of rotatable bonds is 58. The van der Waals surface area contributed by atoms with Crippen LogP contribution in [0, 0.1) is 0 Å². The van der Waals surface area contributed by atoms with Gasteiger partial charge >= 0.3 is 5.97 Å². The van der Waals surface area contributed by atoms with E-state index in [1.807, 2.05) is 42.5 Å². The molecule has 11 heteroatoms. The molecule has 8 atom stereocenters. The number of ether oxygens (including phenoxy) is 3. The second-order valence-electron chi connectivity index (χ2n) is 23.6. The molecule has 0 aliphatic carbocycles. The van der Waals surface area contributed by atoms with Gasteiger partial charge in [-0.3, -0.25) is 9.59 Å². The number of carbonyl (C=O) groups is 2. The zero-order chi connectivity index (χ0) is 58.9. The van der Waals surface area contributed by atoms with Crippen molar-refractivity contribution in [2.24, 2.45) is 0 Å². The van der Waals surface area contributed by atoms with Gasteiger partial charge in [-0.15, -0.1) is 0 Å². The first kappa shape index (κ1) is 76.4. The summed E-state index contributed by atoms with van der Waals surface area (Å²) >= 11 is 0. The van der Waals surface area contributed by atoms with Crippen molar-refractivity contribution in [3.05, 3.63) is 60.8 Å². The summed E-state index contributed by atoms with van der Waals surface area (Å²) in [6, 6.07) is -1.04. The first-order valence-electron chi connectivity index (χ1n) is 34.1. The van der Waals surface area contributed by atoms with Gasteiger partial charge < -0.3 is 45.1 Å². The fourth-order valence-electron chi connectivity index (χ4n) is 10.7. The number of aliphatic hydroxyl groups is 5. The Labute approximate surface area is 497 Å². The molecule has 0 bridgehead atoms. The van der Waals surface area contributed by atoms with Gasteiger partial charge in [0.15, 0.2) is 12.4 Å². The molecule has 0 aromatic heterocycles. The van der Waals surface area contributed by atoms with E-state index in [0.717, 1.165) is 70.6 Å². The highest BCUT2D eigenvalue weighted by atomic mass is 16.7. The number of amides is 1. The number of carbonyl (C=O) groups excluding carboxylic acids is 2. The fourth-order valence-corrected chi connectivity index (χ4v) is 10.7. The molecule has 81 heavy (non-hydrogen) atoms. The molecule has 0 saturated carbocycles. The van der Waals surface area contributed by atoms with Gasteiger partial charge in [0, 0.05) is 6.42 Å². The molecule has 1 aliphatic rings. The van der Waals surface area contributed by atoms with Crippen LogP contribution in [0.1, 0.15) is 310 Å². The Balaban J connectivity index is 2.58. The maximum absolute atomic E-state index is 13.4. The average Bonchev–Trinajstić information content (AvgIpc) is 3.46. The zero-order valence-corrected chi connectivity index (χ0v) is 52.4. The Morgan fingerprint density at radius 2 is 0.889 bits per heavy atom. The third-order valence-electron chi connectivity index (χ3n) is 16.0. The number of hydrogen-bond acceptors (Lipinski definition) is 10. The van der Waals surface area contributed by atoms with Gasteiger partial charge in [-0.25, -0.2) is 0 Å². The number of hydrogen-bond donors (Lipinski definition) is 6. The number of allylic oxidation sites excluding steroid dienone is 9. The molecule has 1 aliphatic heterocycles.